The minimum absolute atomic E-state index is 0.130. The fraction of sp³-hybridized carbons (Fsp3) is 0.0556. The van der Waals surface area contributed by atoms with Gasteiger partial charge in [-0.05, 0) is 60.3 Å². The van der Waals surface area contributed by atoms with Crippen molar-refractivity contribution in [1.29, 1.82) is 0 Å². The molecule has 0 unspecified atom stereocenters. The highest BCUT2D eigenvalue weighted by Gasteiger charge is 2.23. The van der Waals surface area contributed by atoms with Crippen molar-refractivity contribution in [2.75, 3.05) is 5.32 Å². The first-order chi connectivity index (χ1) is 12.1. The zero-order valence-electron chi connectivity index (χ0n) is 13.4. The fourth-order valence-electron chi connectivity index (χ4n) is 2.05. The van der Waals surface area contributed by atoms with Crippen LogP contribution >= 0.6 is 11.8 Å². The SMILES string of the molecule is CC(=O)Nc1ccc(N=C2NC(=O)/C(=C\C=C\c3ccco3)S2)cc1. The molecule has 7 heteroatoms. The second-order valence-corrected chi connectivity index (χ2v) is 6.14. The van der Waals surface area contributed by atoms with Crippen LogP contribution in [0, 0.1) is 0 Å². The first-order valence-electron chi connectivity index (χ1n) is 7.47. The molecule has 2 aromatic rings. The van der Waals surface area contributed by atoms with Crippen LogP contribution in [0.5, 0.6) is 0 Å². The average molecular weight is 353 g/mol. The van der Waals surface area contributed by atoms with Crippen molar-refractivity contribution in [3.05, 3.63) is 65.5 Å². The third-order valence-corrected chi connectivity index (χ3v) is 4.05. The molecule has 0 spiro atoms. The molecule has 3 rings (SSSR count). The van der Waals surface area contributed by atoms with Crippen LogP contribution in [0.4, 0.5) is 11.4 Å². The lowest BCUT2D eigenvalue weighted by Crippen LogP contribution is -2.19. The van der Waals surface area contributed by atoms with Gasteiger partial charge in [-0.25, -0.2) is 4.99 Å². The summed E-state index contributed by atoms with van der Waals surface area (Å²) in [4.78, 5) is 27.9. The Morgan fingerprint density at radius 2 is 2.08 bits per heavy atom. The van der Waals surface area contributed by atoms with Gasteiger partial charge in [0.15, 0.2) is 5.17 Å². The molecule has 0 radical (unpaired) electrons. The summed E-state index contributed by atoms with van der Waals surface area (Å²) < 4.78 is 5.19. The minimum Gasteiger partial charge on any atom is -0.465 e. The molecule has 25 heavy (non-hydrogen) atoms. The van der Waals surface area contributed by atoms with E-state index in [9.17, 15) is 9.59 Å². The monoisotopic (exact) mass is 353 g/mol. The molecule has 2 N–H and O–H groups in total. The van der Waals surface area contributed by atoms with Gasteiger partial charge in [0, 0.05) is 12.6 Å². The van der Waals surface area contributed by atoms with Gasteiger partial charge in [0.05, 0.1) is 16.9 Å². The van der Waals surface area contributed by atoms with Gasteiger partial charge in [-0.3, -0.25) is 9.59 Å². The van der Waals surface area contributed by atoms with Crippen LogP contribution in [0.3, 0.4) is 0 Å². The number of carbonyl (C=O) groups excluding carboxylic acids is 2. The Hall–Kier alpha value is -3.06. The molecule has 1 aromatic carbocycles. The topological polar surface area (TPSA) is 83.7 Å². The maximum absolute atomic E-state index is 12.0. The standard InChI is InChI=1S/C18H15N3O3S/c1-12(22)19-13-7-9-14(10-8-13)20-18-21-17(23)16(25-18)6-2-4-15-5-3-11-24-15/h2-11H,1H3,(H,19,22)(H,20,21,23)/b4-2+,16-6+. The maximum atomic E-state index is 12.0. The second kappa shape index (κ2) is 7.67. The molecule has 0 atom stereocenters. The van der Waals surface area contributed by atoms with Gasteiger partial charge in [0.2, 0.25) is 5.91 Å². The number of amides is 2. The number of nitrogens with one attached hydrogen (secondary N) is 2. The number of allylic oxidation sites excluding steroid dienone is 2. The zero-order valence-corrected chi connectivity index (χ0v) is 14.2. The Balaban J connectivity index is 1.67. The number of hydrogen-bond donors (Lipinski definition) is 2. The van der Waals surface area contributed by atoms with E-state index < -0.39 is 0 Å². The lowest BCUT2D eigenvalue weighted by molar-refractivity contribution is -0.115. The van der Waals surface area contributed by atoms with Crippen molar-refractivity contribution < 1.29 is 14.0 Å². The van der Waals surface area contributed by atoms with Crippen LogP contribution in [0.25, 0.3) is 6.08 Å². The first kappa shape index (κ1) is 16.8. The Bertz CT molecular complexity index is 865. The van der Waals surface area contributed by atoms with Gasteiger partial charge in [0.25, 0.3) is 5.91 Å². The molecule has 0 bridgehead atoms. The molecule has 0 aliphatic carbocycles. The number of anilines is 1. The fourth-order valence-corrected chi connectivity index (χ4v) is 2.84. The van der Waals surface area contributed by atoms with Crippen LogP contribution in [-0.2, 0) is 9.59 Å². The van der Waals surface area contributed by atoms with Crippen LogP contribution in [0.2, 0.25) is 0 Å². The molecule has 1 aliphatic heterocycles. The van der Waals surface area contributed by atoms with Gasteiger partial charge in [-0.15, -0.1) is 0 Å². The normalized spacial score (nSPS) is 17.4. The van der Waals surface area contributed by atoms with Crippen LogP contribution < -0.4 is 10.6 Å². The molecule has 2 amide bonds. The smallest absolute Gasteiger partial charge is 0.264 e. The minimum atomic E-state index is -0.192. The van der Waals surface area contributed by atoms with E-state index in [0.717, 1.165) is 0 Å². The van der Waals surface area contributed by atoms with Crippen molar-refractivity contribution in [2.24, 2.45) is 4.99 Å². The Labute approximate surface area is 148 Å². The zero-order chi connectivity index (χ0) is 17.6. The summed E-state index contributed by atoms with van der Waals surface area (Å²) in [7, 11) is 0. The summed E-state index contributed by atoms with van der Waals surface area (Å²) in [5.41, 5.74) is 1.38. The number of aliphatic imine (C=N–C) groups is 1. The van der Waals surface area contributed by atoms with E-state index in [1.54, 1.807) is 54.8 Å². The summed E-state index contributed by atoms with van der Waals surface area (Å²) >= 11 is 1.26. The highest BCUT2D eigenvalue weighted by atomic mass is 32.2. The molecule has 1 aromatic heterocycles. The van der Waals surface area contributed by atoms with Crippen molar-refractivity contribution in [2.45, 2.75) is 6.92 Å². The third kappa shape index (κ3) is 4.71. The van der Waals surface area contributed by atoms with E-state index in [0.29, 0.717) is 27.2 Å². The van der Waals surface area contributed by atoms with E-state index in [2.05, 4.69) is 15.6 Å². The summed E-state index contributed by atoms with van der Waals surface area (Å²) in [5.74, 6) is 0.395. The Kier molecular flexibility index (Phi) is 5.15. The van der Waals surface area contributed by atoms with Crippen molar-refractivity contribution in [3.8, 4) is 0 Å². The number of nitrogens with zero attached hydrogens (tertiary/aromatic N) is 1. The Morgan fingerprint density at radius 1 is 1.28 bits per heavy atom. The molecule has 2 heterocycles. The summed E-state index contributed by atoms with van der Waals surface area (Å²) in [6.07, 6.45) is 6.83. The molecule has 1 aliphatic rings. The number of thioether (sulfide) groups is 1. The predicted molar refractivity (Wildman–Crippen MR) is 99.4 cm³/mol. The van der Waals surface area contributed by atoms with E-state index in [-0.39, 0.29) is 11.8 Å². The molecule has 1 saturated heterocycles. The van der Waals surface area contributed by atoms with Crippen LogP contribution in [0.15, 0.2) is 69.1 Å². The lowest BCUT2D eigenvalue weighted by atomic mass is 10.3. The van der Waals surface area contributed by atoms with E-state index in [1.165, 1.54) is 18.7 Å². The molecular weight excluding hydrogens is 338 g/mol. The number of hydrogen-bond acceptors (Lipinski definition) is 5. The van der Waals surface area contributed by atoms with Crippen molar-refractivity contribution in [3.63, 3.8) is 0 Å². The van der Waals surface area contributed by atoms with Crippen molar-refractivity contribution in [1.82, 2.24) is 5.32 Å². The number of furan rings is 1. The maximum Gasteiger partial charge on any atom is 0.264 e. The summed E-state index contributed by atoms with van der Waals surface area (Å²) in [6, 6.07) is 10.7. The summed E-state index contributed by atoms with van der Waals surface area (Å²) in [6.45, 7) is 1.45. The molecule has 6 nitrogen and oxygen atoms in total. The molecule has 126 valence electrons. The van der Waals surface area contributed by atoms with Gasteiger partial charge < -0.3 is 15.1 Å². The van der Waals surface area contributed by atoms with Gasteiger partial charge in [-0.2, -0.15) is 0 Å². The molecule has 1 fully saturated rings. The second-order valence-electron chi connectivity index (χ2n) is 5.11. The van der Waals surface area contributed by atoms with Gasteiger partial charge in [0.1, 0.15) is 5.76 Å². The number of rotatable bonds is 4. The number of amidine groups is 1. The Morgan fingerprint density at radius 3 is 2.76 bits per heavy atom. The van der Waals surface area contributed by atoms with E-state index in [4.69, 9.17) is 4.42 Å². The first-order valence-corrected chi connectivity index (χ1v) is 8.29. The van der Waals surface area contributed by atoms with Gasteiger partial charge in [-0.1, -0.05) is 6.08 Å². The number of benzene rings is 1. The van der Waals surface area contributed by atoms with Gasteiger partial charge >= 0.3 is 0 Å². The van der Waals surface area contributed by atoms with E-state index >= 15 is 0 Å². The van der Waals surface area contributed by atoms with Crippen LogP contribution in [0.1, 0.15) is 12.7 Å². The highest BCUT2D eigenvalue weighted by Crippen LogP contribution is 2.26. The number of carbonyl (C=O) groups is 2. The average Bonchev–Trinajstić information content (AvgIpc) is 3.19. The summed E-state index contributed by atoms with van der Waals surface area (Å²) in [5, 5.41) is 5.92. The molecular formula is C18H15N3O3S. The van der Waals surface area contributed by atoms with Crippen LogP contribution in [-0.4, -0.2) is 17.0 Å². The molecule has 0 saturated carbocycles. The third-order valence-electron chi connectivity index (χ3n) is 3.12. The largest absolute Gasteiger partial charge is 0.465 e. The highest BCUT2D eigenvalue weighted by molar-refractivity contribution is 8.18. The lowest BCUT2D eigenvalue weighted by Gasteiger charge is -2.02. The van der Waals surface area contributed by atoms with E-state index in [1.807, 2.05) is 6.07 Å². The van der Waals surface area contributed by atoms with Crippen molar-refractivity contribution >= 4 is 46.2 Å². The predicted octanol–water partition coefficient (Wildman–Crippen LogP) is 3.69. The quantitative estimate of drug-likeness (QED) is 0.821.